The first-order chi connectivity index (χ1) is 9.83. The number of benzene rings is 2. The van der Waals surface area contributed by atoms with Crippen molar-refractivity contribution in [3.63, 3.8) is 0 Å². The van der Waals surface area contributed by atoms with E-state index in [4.69, 9.17) is 11.6 Å². The zero-order chi connectivity index (χ0) is 14.2. The van der Waals surface area contributed by atoms with Crippen LogP contribution in [0.5, 0.6) is 0 Å². The maximum Gasteiger partial charge on any atom is 0.0591 e. The van der Waals surface area contributed by atoms with Crippen LogP contribution in [-0.2, 0) is 0 Å². The predicted molar refractivity (Wildman–Crippen MR) is 90.5 cm³/mol. The molecule has 0 aliphatic carbocycles. The molecule has 0 nitrogen and oxygen atoms in total. The molecule has 0 N–H and O–H groups in total. The molecule has 0 heterocycles. The Morgan fingerprint density at radius 1 is 0.850 bits per heavy atom. The Labute approximate surface area is 128 Å². The van der Waals surface area contributed by atoms with Crippen molar-refractivity contribution in [2.75, 3.05) is 0 Å². The molecular formula is C19H25Cl. The number of hydrogen-bond donors (Lipinski definition) is 0. The van der Waals surface area contributed by atoms with E-state index in [1.54, 1.807) is 0 Å². The molecular weight excluding hydrogens is 264 g/mol. The second-order valence-corrected chi connectivity index (χ2v) is 6.12. The Hall–Kier alpha value is -1.01. The Bertz CT molecular complexity index is 513. The molecule has 1 heteroatoms. The molecule has 20 heavy (non-hydrogen) atoms. The standard InChI is InChI=1S/C19H25Cl/c1-2-3-4-5-6-7-15-19(20)18-14-10-12-16-11-8-9-13-17(16)18/h8-14,19H,2-7,15H2,1H3. The van der Waals surface area contributed by atoms with Gasteiger partial charge in [0.1, 0.15) is 0 Å². The molecule has 108 valence electrons. The van der Waals surface area contributed by atoms with Gasteiger partial charge in [-0.05, 0) is 22.8 Å². The molecule has 0 spiro atoms. The number of hydrogen-bond acceptors (Lipinski definition) is 0. The molecule has 1 unspecified atom stereocenters. The molecule has 0 saturated carbocycles. The van der Waals surface area contributed by atoms with Crippen LogP contribution in [0.15, 0.2) is 42.5 Å². The summed E-state index contributed by atoms with van der Waals surface area (Å²) in [6.45, 7) is 2.26. The fourth-order valence-electron chi connectivity index (χ4n) is 2.78. The lowest BCUT2D eigenvalue weighted by Crippen LogP contribution is -1.92. The highest BCUT2D eigenvalue weighted by Gasteiger charge is 2.10. The third kappa shape index (κ3) is 4.24. The highest BCUT2D eigenvalue weighted by molar-refractivity contribution is 6.21. The van der Waals surface area contributed by atoms with Gasteiger partial charge in [0, 0.05) is 0 Å². The van der Waals surface area contributed by atoms with Gasteiger partial charge in [0.05, 0.1) is 5.38 Å². The Balaban J connectivity index is 1.89. The van der Waals surface area contributed by atoms with Crippen molar-refractivity contribution in [1.29, 1.82) is 0 Å². The van der Waals surface area contributed by atoms with Crippen LogP contribution >= 0.6 is 11.6 Å². The highest BCUT2D eigenvalue weighted by atomic mass is 35.5. The lowest BCUT2D eigenvalue weighted by atomic mass is 9.98. The van der Waals surface area contributed by atoms with Gasteiger partial charge >= 0.3 is 0 Å². The monoisotopic (exact) mass is 288 g/mol. The van der Waals surface area contributed by atoms with E-state index in [-0.39, 0.29) is 5.38 Å². The molecule has 0 bridgehead atoms. The molecule has 0 aliphatic rings. The number of halogens is 1. The second-order valence-electron chi connectivity index (χ2n) is 5.59. The van der Waals surface area contributed by atoms with Crippen molar-refractivity contribution in [1.82, 2.24) is 0 Å². The maximum atomic E-state index is 6.63. The van der Waals surface area contributed by atoms with Gasteiger partial charge in [0.15, 0.2) is 0 Å². The zero-order valence-electron chi connectivity index (χ0n) is 12.4. The summed E-state index contributed by atoms with van der Waals surface area (Å²) < 4.78 is 0. The van der Waals surface area contributed by atoms with Gasteiger partial charge in [-0.1, -0.05) is 87.9 Å². The predicted octanol–water partition coefficient (Wildman–Crippen LogP) is 6.87. The van der Waals surface area contributed by atoms with Gasteiger partial charge in [0.25, 0.3) is 0 Å². The van der Waals surface area contributed by atoms with E-state index in [0.29, 0.717) is 0 Å². The van der Waals surface area contributed by atoms with Crippen LogP contribution in [0.1, 0.15) is 62.8 Å². The number of alkyl halides is 1. The number of rotatable bonds is 8. The molecule has 0 aliphatic heterocycles. The fourth-order valence-corrected chi connectivity index (χ4v) is 3.13. The maximum absolute atomic E-state index is 6.63. The second kappa shape index (κ2) is 8.32. The number of fused-ring (bicyclic) bond motifs is 1. The van der Waals surface area contributed by atoms with Gasteiger partial charge in [-0.15, -0.1) is 11.6 Å². The average Bonchev–Trinajstić information content (AvgIpc) is 2.50. The minimum Gasteiger partial charge on any atom is -0.118 e. The molecule has 0 saturated heterocycles. The normalized spacial score (nSPS) is 12.7. The highest BCUT2D eigenvalue weighted by Crippen LogP contribution is 2.32. The molecule has 2 aromatic carbocycles. The van der Waals surface area contributed by atoms with Crippen molar-refractivity contribution >= 4 is 22.4 Å². The largest absolute Gasteiger partial charge is 0.118 e. The quantitative estimate of drug-likeness (QED) is 0.367. The summed E-state index contributed by atoms with van der Waals surface area (Å²) in [6, 6.07) is 15.0. The minimum absolute atomic E-state index is 0.146. The van der Waals surface area contributed by atoms with Gasteiger partial charge < -0.3 is 0 Å². The van der Waals surface area contributed by atoms with Gasteiger partial charge in [-0.2, -0.15) is 0 Å². The first-order valence-corrected chi connectivity index (χ1v) is 8.38. The van der Waals surface area contributed by atoms with Crippen LogP contribution in [0.25, 0.3) is 10.8 Å². The first kappa shape index (κ1) is 15.4. The van der Waals surface area contributed by atoms with Crippen LogP contribution < -0.4 is 0 Å². The Morgan fingerprint density at radius 3 is 2.40 bits per heavy atom. The van der Waals surface area contributed by atoms with Crippen LogP contribution in [0, 0.1) is 0 Å². The molecule has 0 amide bonds. The van der Waals surface area contributed by atoms with Crippen molar-refractivity contribution in [3.05, 3.63) is 48.0 Å². The summed E-state index contributed by atoms with van der Waals surface area (Å²) in [6.07, 6.45) is 9.04. The molecule has 2 rings (SSSR count). The molecule has 0 aromatic heterocycles. The smallest absolute Gasteiger partial charge is 0.0591 e. The van der Waals surface area contributed by atoms with E-state index in [0.717, 1.165) is 6.42 Å². The van der Waals surface area contributed by atoms with Crippen molar-refractivity contribution in [2.24, 2.45) is 0 Å². The van der Waals surface area contributed by atoms with Crippen molar-refractivity contribution < 1.29 is 0 Å². The van der Waals surface area contributed by atoms with E-state index in [2.05, 4.69) is 49.4 Å². The summed E-state index contributed by atoms with van der Waals surface area (Å²) >= 11 is 6.63. The number of unbranched alkanes of at least 4 members (excludes halogenated alkanes) is 5. The molecule has 1 atom stereocenters. The average molecular weight is 289 g/mol. The van der Waals surface area contributed by atoms with E-state index >= 15 is 0 Å². The molecule has 0 fully saturated rings. The first-order valence-electron chi connectivity index (χ1n) is 7.94. The summed E-state index contributed by atoms with van der Waals surface area (Å²) in [5.41, 5.74) is 1.29. The van der Waals surface area contributed by atoms with Gasteiger partial charge in [0.2, 0.25) is 0 Å². The SMILES string of the molecule is CCCCCCCCC(Cl)c1cccc2ccccc12. The van der Waals surface area contributed by atoms with Crippen molar-refractivity contribution in [3.8, 4) is 0 Å². The van der Waals surface area contributed by atoms with E-state index in [9.17, 15) is 0 Å². The van der Waals surface area contributed by atoms with Crippen LogP contribution in [0.4, 0.5) is 0 Å². The Morgan fingerprint density at radius 2 is 1.55 bits per heavy atom. The lowest BCUT2D eigenvalue weighted by Gasteiger charge is -2.13. The summed E-state index contributed by atoms with van der Waals surface area (Å²) in [5.74, 6) is 0. The lowest BCUT2D eigenvalue weighted by molar-refractivity contribution is 0.585. The summed E-state index contributed by atoms with van der Waals surface area (Å²) in [5, 5.41) is 2.74. The summed E-state index contributed by atoms with van der Waals surface area (Å²) in [4.78, 5) is 0. The van der Waals surface area contributed by atoms with Crippen molar-refractivity contribution in [2.45, 2.75) is 57.2 Å². The van der Waals surface area contributed by atoms with Gasteiger partial charge in [-0.25, -0.2) is 0 Å². The van der Waals surface area contributed by atoms with Crippen LogP contribution in [0.3, 0.4) is 0 Å². The zero-order valence-corrected chi connectivity index (χ0v) is 13.2. The molecule has 2 aromatic rings. The topological polar surface area (TPSA) is 0 Å². The third-order valence-electron chi connectivity index (χ3n) is 3.97. The third-order valence-corrected chi connectivity index (χ3v) is 4.43. The van der Waals surface area contributed by atoms with Crippen LogP contribution in [-0.4, -0.2) is 0 Å². The minimum atomic E-state index is 0.146. The van der Waals surface area contributed by atoms with E-state index in [1.807, 2.05) is 0 Å². The van der Waals surface area contributed by atoms with Gasteiger partial charge in [-0.3, -0.25) is 0 Å². The summed E-state index contributed by atoms with van der Waals surface area (Å²) in [7, 11) is 0. The Kier molecular flexibility index (Phi) is 6.39. The fraction of sp³-hybridized carbons (Fsp3) is 0.474. The van der Waals surface area contributed by atoms with E-state index < -0.39 is 0 Å². The molecule has 0 radical (unpaired) electrons. The van der Waals surface area contributed by atoms with E-state index in [1.165, 1.54) is 54.9 Å². The van der Waals surface area contributed by atoms with Crippen LogP contribution in [0.2, 0.25) is 0 Å².